The third-order valence-electron chi connectivity index (χ3n) is 6.02. The van der Waals surface area contributed by atoms with Crippen molar-refractivity contribution in [3.63, 3.8) is 0 Å². The van der Waals surface area contributed by atoms with Crippen LogP contribution >= 0.6 is 0 Å². The molecule has 148 valence electrons. The van der Waals surface area contributed by atoms with Crippen LogP contribution in [0.3, 0.4) is 0 Å². The second-order valence-corrected chi connectivity index (χ2v) is 7.90. The van der Waals surface area contributed by atoms with Gasteiger partial charge in [0.2, 0.25) is 0 Å². The molecule has 1 atom stereocenters. The van der Waals surface area contributed by atoms with Crippen LogP contribution in [0.5, 0.6) is 0 Å². The number of carbonyl (C=O) groups excluding carboxylic acids is 1. The highest BCUT2D eigenvalue weighted by Crippen LogP contribution is 2.41. The van der Waals surface area contributed by atoms with Crippen molar-refractivity contribution in [2.24, 2.45) is 10.7 Å². The molecule has 2 N–H and O–H groups in total. The second-order valence-electron chi connectivity index (χ2n) is 7.90. The summed E-state index contributed by atoms with van der Waals surface area (Å²) in [5.74, 6) is 0.319. The molecule has 0 aromatic heterocycles. The lowest BCUT2D eigenvalue weighted by molar-refractivity contribution is -0.130. The van der Waals surface area contributed by atoms with Crippen molar-refractivity contribution in [1.29, 1.82) is 0 Å². The summed E-state index contributed by atoms with van der Waals surface area (Å²) < 4.78 is 0. The lowest BCUT2D eigenvalue weighted by Gasteiger charge is -2.30. The van der Waals surface area contributed by atoms with Gasteiger partial charge in [0, 0.05) is 6.54 Å². The zero-order chi connectivity index (χ0) is 19.4. The maximum atomic E-state index is 13.7. The highest BCUT2D eigenvalue weighted by Gasteiger charge is 2.51. The molecule has 1 fully saturated rings. The Morgan fingerprint density at radius 2 is 1.82 bits per heavy atom. The third kappa shape index (κ3) is 3.51. The number of hydrogen-bond acceptors (Lipinski definition) is 4. The number of nitrogens with zero attached hydrogens (tertiary/aromatic N) is 3. The Morgan fingerprint density at radius 1 is 1.04 bits per heavy atom. The van der Waals surface area contributed by atoms with Crippen molar-refractivity contribution in [3.8, 4) is 0 Å². The minimum atomic E-state index is -1.03. The van der Waals surface area contributed by atoms with E-state index >= 15 is 0 Å². The van der Waals surface area contributed by atoms with E-state index < -0.39 is 5.54 Å². The van der Waals surface area contributed by atoms with Crippen LogP contribution in [0.1, 0.15) is 44.1 Å². The van der Waals surface area contributed by atoms with Gasteiger partial charge in [0.15, 0.2) is 11.5 Å². The Bertz CT molecular complexity index is 792. The van der Waals surface area contributed by atoms with Crippen molar-refractivity contribution in [3.05, 3.63) is 59.7 Å². The van der Waals surface area contributed by atoms with Gasteiger partial charge in [-0.2, -0.15) is 0 Å². The van der Waals surface area contributed by atoms with Crippen LogP contribution in [0.4, 0.5) is 0 Å². The molecule has 1 unspecified atom stereocenters. The number of rotatable bonds is 6. The molecule has 1 aromatic rings. The van der Waals surface area contributed by atoms with Gasteiger partial charge in [-0.25, -0.2) is 4.99 Å². The minimum absolute atomic E-state index is 0.0207. The van der Waals surface area contributed by atoms with Gasteiger partial charge >= 0.3 is 0 Å². The van der Waals surface area contributed by atoms with Crippen molar-refractivity contribution in [2.75, 3.05) is 26.2 Å². The van der Waals surface area contributed by atoms with Crippen LogP contribution in [0, 0.1) is 0 Å². The summed E-state index contributed by atoms with van der Waals surface area (Å²) in [6.07, 6.45) is 13.1. The molecular weight excluding hydrogens is 348 g/mol. The largest absolute Gasteiger partial charge is 0.369 e. The normalized spacial score (nSPS) is 25.7. The van der Waals surface area contributed by atoms with Gasteiger partial charge in [-0.1, -0.05) is 55.0 Å². The lowest BCUT2D eigenvalue weighted by atomic mass is 9.80. The van der Waals surface area contributed by atoms with Gasteiger partial charge < -0.3 is 10.6 Å². The third-order valence-corrected chi connectivity index (χ3v) is 6.02. The van der Waals surface area contributed by atoms with Gasteiger partial charge in [0.1, 0.15) is 0 Å². The summed E-state index contributed by atoms with van der Waals surface area (Å²) in [5.41, 5.74) is 7.09. The molecule has 0 radical (unpaired) electrons. The molecule has 1 amide bonds. The second kappa shape index (κ2) is 8.31. The summed E-state index contributed by atoms with van der Waals surface area (Å²) in [6, 6.07) is 9.85. The van der Waals surface area contributed by atoms with Gasteiger partial charge in [-0.05, 0) is 62.9 Å². The van der Waals surface area contributed by atoms with Crippen molar-refractivity contribution >= 4 is 11.9 Å². The van der Waals surface area contributed by atoms with Crippen LogP contribution in [0.2, 0.25) is 0 Å². The van der Waals surface area contributed by atoms with E-state index in [4.69, 9.17) is 10.7 Å². The Labute approximate surface area is 167 Å². The number of allylic oxidation sites excluding steroid dienone is 2. The number of likely N-dealkylation sites (tertiary alicyclic amines) is 1. The van der Waals surface area contributed by atoms with Crippen LogP contribution in [-0.2, 0) is 10.3 Å². The molecule has 2 aliphatic heterocycles. The Balaban J connectivity index is 1.55. The van der Waals surface area contributed by atoms with Crippen molar-refractivity contribution in [1.82, 2.24) is 9.80 Å². The Kier molecular flexibility index (Phi) is 5.62. The number of piperidine rings is 1. The smallest absolute Gasteiger partial charge is 0.266 e. The van der Waals surface area contributed by atoms with Gasteiger partial charge in [0.25, 0.3) is 5.91 Å². The predicted molar refractivity (Wildman–Crippen MR) is 113 cm³/mol. The monoisotopic (exact) mass is 378 g/mol. The van der Waals surface area contributed by atoms with Crippen LogP contribution < -0.4 is 5.73 Å². The summed E-state index contributed by atoms with van der Waals surface area (Å²) in [7, 11) is 0. The first-order chi connectivity index (χ1) is 13.7. The van der Waals surface area contributed by atoms with E-state index in [1.165, 1.54) is 32.4 Å². The van der Waals surface area contributed by atoms with E-state index in [1.54, 1.807) is 4.90 Å². The standard InChI is InChI=1S/C23H30N4O/c24-22-25-23(19-11-4-1-5-12-19,20-13-6-2-7-14-20)21(28)27(22)18-10-17-26-15-8-3-9-16-26/h1,4-6,11-14H,2-3,7-10,15-18H2,(H2,24,25). The van der Waals surface area contributed by atoms with E-state index in [9.17, 15) is 4.79 Å². The topological polar surface area (TPSA) is 61.9 Å². The molecule has 0 saturated carbocycles. The first kappa shape index (κ1) is 18.9. The van der Waals surface area contributed by atoms with Crippen molar-refractivity contribution in [2.45, 2.75) is 44.1 Å². The fourth-order valence-electron chi connectivity index (χ4n) is 4.53. The number of aliphatic imine (C=N–C) groups is 1. The molecule has 3 aliphatic rings. The molecule has 1 saturated heterocycles. The molecule has 1 aromatic carbocycles. The molecule has 2 heterocycles. The van der Waals surface area contributed by atoms with E-state index in [2.05, 4.69) is 17.1 Å². The highest BCUT2D eigenvalue weighted by atomic mass is 16.2. The number of nitrogens with two attached hydrogens (primary N) is 1. The van der Waals surface area contributed by atoms with Crippen LogP contribution in [-0.4, -0.2) is 47.8 Å². The average molecular weight is 379 g/mol. The zero-order valence-electron chi connectivity index (χ0n) is 16.5. The van der Waals surface area contributed by atoms with Crippen molar-refractivity contribution < 1.29 is 4.79 Å². The van der Waals surface area contributed by atoms with Crippen LogP contribution in [0.25, 0.3) is 0 Å². The highest BCUT2D eigenvalue weighted by molar-refractivity contribution is 6.09. The zero-order valence-corrected chi connectivity index (χ0v) is 16.5. The SMILES string of the molecule is NC1=NC(C2=CCCC=C2)(c2ccccc2)C(=O)N1CCCN1CCCCC1. The van der Waals surface area contributed by atoms with Gasteiger partial charge in [0.05, 0.1) is 0 Å². The molecule has 0 spiro atoms. The molecule has 5 nitrogen and oxygen atoms in total. The molecule has 4 rings (SSSR count). The fourth-order valence-corrected chi connectivity index (χ4v) is 4.53. The number of benzene rings is 1. The van der Waals surface area contributed by atoms with E-state index in [0.29, 0.717) is 12.5 Å². The Morgan fingerprint density at radius 3 is 2.54 bits per heavy atom. The Hall–Kier alpha value is -2.40. The number of carbonyl (C=O) groups is 1. The summed E-state index contributed by atoms with van der Waals surface area (Å²) in [5, 5.41) is 0. The van der Waals surface area contributed by atoms with Gasteiger partial charge in [-0.15, -0.1) is 0 Å². The molecule has 5 heteroatoms. The van der Waals surface area contributed by atoms with Gasteiger partial charge in [-0.3, -0.25) is 9.69 Å². The number of hydrogen-bond donors (Lipinski definition) is 1. The van der Waals surface area contributed by atoms with E-state index in [0.717, 1.165) is 36.9 Å². The maximum absolute atomic E-state index is 13.7. The molecule has 1 aliphatic carbocycles. The molecular formula is C23H30N4O. The summed E-state index contributed by atoms with van der Waals surface area (Å²) >= 11 is 0. The molecule has 28 heavy (non-hydrogen) atoms. The maximum Gasteiger partial charge on any atom is 0.266 e. The summed E-state index contributed by atoms with van der Waals surface area (Å²) in [6.45, 7) is 3.97. The molecule has 0 bridgehead atoms. The first-order valence-corrected chi connectivity index (χ1v) is 10.5. The summed E-state index contributed by atoms with van der Waals surface area (Å²) in [4.78, 5) is 22.6. The number of amides is 1. The average Bonchev–Trinajstić information content (AvgIpc) is 3.01. The lowest BCUT2D eigenvalue weighted by Crippen LogP contribution is -2.45. The quantitative estimate of drug-likeness (QED) is 0.827. The first-order valence-electron chi connectivity index (χ1n) is 10.5. The fraction of sp³-hybridized carbons (Fsp3) is 0.478. The van der Waals surface area contributed by atoms with E-state index in [-0.39, 0.29) is 5.91 Å². The van der Waals surface area contributed by atoms with E-state index in [1.807, 2.05) is 36.4 Å². The number of guanidine groups is 1. The minimum Gasteiger partial charge on any atom is -0.369 e. The predicted octanol–water partition coefficient (Wildman–Crippen LogP) is 3.19. The van der Waals surface area contributed by atoms with Crippen LogP contribution in [0.15, 0.2) is 59.1 Å².